The van der Waals surface area contributed by atoms with Gasteiger partial charge in [0.25, 0.3) is 0 Å². The number of hydrogen-bond acceptors (Lipinski definition) is 8. The largest absolute Gasteiger partial charge is 0.495 e. The summed E-state index contributed by atoms with van der Waals surface area (Å²) in [7, 11) is 1.54. The molecule has 0 fully saturated rings. The van der Waals surface area contributed by atoms with Crippen molar-refractivity contribution >= 4 is 57.1 Å². The zero-order valence-electron chi connectivity index (χ0n) is 20.7. The maximum atomic E-state index is 13.4. The van der Waals surface area contributed by atoms with Gasteiger partial charge in [-0.15, -0.1) is 10.2 Å². The number of para-hydroxylation sites is 1. The number of anilines is 3. The van der Waals surface area contributed by atoms with Crippen molar-refractivity contribution in [1.82, 2.24) is 10.2 Å². The predicted molar refractivity (Wildman–Crippen MR) is 158 cm³/mol. The average molecular weight is 575 g/mol. The van der Waals surface area contributed by atoms with Gasteiger partial charge in [0.05, 0.1) is 12.1 Å². The van der Waals surface area contributed by atoms with E-state index in [2.05, 4.69) is 20.8 Å². The van der Waals surface area contributed by atoms with E-state index < -0.39 is 5.25 Å². The fourth-order valence-electron chi connectivity index (χ4n) is 3.62. The maximum absolute atomic E-state index is 13.4. The Hall–Kier alpha value is -4.05. The Bertz CT molecular complexity index is 1530. The third-order valence-electron chi connectivity index (χ3n) is 5.47. The van der Waals surface area contributed by atoms with Crippen LogP contribution in [0.5, 0.6) is 17.2 Å². The molecule has 1 unspecified atom stereocenters. The minimum atomic E-state index is -0.553. The van der Waals surface area contributed by atoms with Crippen molar-refractivity contribution in [2.75, 3.05) is 17.7 Å². The number of benzene rings is 4. The van der Waals surface area contributed by atoms with Crippen LogP contribution in [0, 0.1) is 0 Å². The predicted octanol–water partition coefficient (Wildman–Crippen LogP) is 8.21. The third-order valence-corrected chi connectivity index (χ3v) is 7.94. The normalized spacial score (nSPS) is 11.4. The molecule has 1 heterocycles. The number of nitrogens with zero attached hydrogens (tertiary/aromatic N) is 2. The molecule has 7 nitrogen and oxygen atoms in total. The number of aromatic nitrogens is 2. The Morgan fingerprint density at radius 1 is 0.872 bits per heavy atom. The highest BCUT2D eigenvalue weighted by Gasteiger charge is 2.24. The van der Waals surface area contributed by atoms with Crippen molar-refractivity contribution in [1.29, 1.82) is 0 Å². The fraction of sp³-hybridized carbons (Fsp3) is 0.0690. The molecule has 0 saturated carbocycles. The molecule has 0 saturated heterocycles. The summed E-state index contributed by atoms with van der Waals surface area (Å²) in [4.78, 5) is 13.4. The Balaban J connectivity index is 1.26. The number of ether oxygens (including phenoxy) is 2. The van der Waals surface area contributed by atoms with Crippen molar-refractivity contribution in [3.05, 3.63) is 114 Å². The Labute approximate surface area is 239 Å². The summed E-state index contributed by atoms with van der Waals surface area (Å²) in [6.07, 6.45) is 0. The summed E-state index contributed by atoms with van der Waals surface area (Å²) in [6.45, 7) is 0. The van der Waals surface area contributed by atoms with Crippen LogP contribution in [0.1, 0.15) is 10.8 Å². The number of halogens is 1. The molecule has 0 aliphatic carbocycles. The van der Waals surface area contributed by atoms with Gasteiger partial charge in [0.1, 0.15) is 22.5 Å². The van der Waals surface area contributed by atoms with E-state index in [0.717, 1.165) is 22.7 Å². The van der Waals surface area contributed by atoms with Crippen LogP contribution in [0.25, 0.3) is 0 Å². The van der Waals surface area contributed by atoms with E-state index in [9.17, 15) is 4.79 Å². The monoisotopic (exact) mass is 574 g/mol. The summed E-state index contributed by atoms with van der Waals surface area (Å²) >= 11 is 8.94. The van der Waals surface area contributed by atoms with Crippen LogP contribution < -0.4 is 20.1 Å². The van der Waals surface area contributed by atoms with E-state index in [0.29, 0.717) is 25.9 Å². The van der Waals surface area contributed by atoms with E-state index >= 15 is 0 Å². The van der Waals surface area contributed by atoms with Crippen molar-refractivity contribution in [2.45, 2.75) is 9.59 Å². The first-order valence-electron chi connectivity index (χ1n) is 11.9. The molecule has 0 bridgehead atoms. The minimum Gasteiger partial charge on any atom is -0.495 e. The topological polar surface area (TPSA) is 85.4 Å². The summed E-state index contributed by atoms with van der Waals surface area (Å²) in [5, 5.41) is 15.3. The van der Waals surface area contributed by atoms with Crippen LogP contribution in [-0.2, 0) is 4.79 Å². The third kappa shape index (κ3) is 7.08. The van der Waals surface area contributed by atoms with Gasteiger partial charge in [-0.1, -0.05) is 83.2 Å². The van der Waals surface area contributed by atoms with E-state index in [1.807, 2.05) is 84.9 Å². The smallest absolute Gasteiger partial charge is 0.242 e. The summed E-state index contributed by atoms with van der Waals surface area (Å²) in [6, 6.07) is 31.9. The minimum absolute atomic E-state index is 0.203. The van der Waals surface area contributed by atoms with E-state index in [4.69, 9.17) is 21.1 Å². The molecule has 1 atom stereocenters. The van der Waals surface area contributed by atoms with Crippen LogP contribution in [-0.4, -0.2) is 23.2 Å². The molecule has 4 aromatic carbocycles. The molecule has 0 radical (unpaired) electrons. The van der Waals surface area contributed by atoms with Gasteiger partial charge in [-0.25, -0.2) is 0 Å². The second kappa shape index (κ2) is 12.7. The molecule has 1 amide bonds. The van der Waals surface area contributed by atoms with Gasteiger partial charge in [0, 0.05) is 11.4 Å². The van der Waals surface area contributed by atoms with Gasteiger partial charge >= 0.3 is 0 Å². The number of amides is 1. The SMILES string of the molecule is COc1ccc(NC(=O)C(Sc2nnc(Nc3ccc(Oc4ccccc4)cc3)s2)c2ccccc2)cc1Cl. The van der Waals surface area contributed by atoms with Gasteiger partial charge in [-0.05, 0) is 60.2 Å². The van der Waals surface area contributed by atoms with Crippen molar-refractivity contribution in [2.24, 2.45) is 0 Å². The molecule has 0 aliphatic rings. The number of carbonyl (C=O) groups excluding carboxylic acids is 1. The number of carbonyl (C=O) groups is 1. The zero-order chi connectivity index (χ0) is 27.0. The number of hydrogen-bond donors (Lipinski definition) is 2. The number of thioether (sulfide) groups is 1. The summed E-state index contributed by atoms with van der Waals surface area (Å²) < 4.78 is 11.7. The van der Waals surface area contributed by atoms with Gasteiger partial charge in [0.2, 0.25) is 11.0 Å². The molecular weight excluding hydrogens is 552 g/mol. The number of methoxy groups -OCH3 is 1. The highest BCUT2D eigenvalue weighted by atomic mass is 35.5. The second-order valence-electron chi connectivity index (χ2n) is 8.18. The molecule has 0 aliphatic heterocycles. The molecule has 10 heteroatoms. The first-order valence-corrected chi connectivity index (χ1v) is 13.9. The van der Waals surface area contributed by atoms with Gasteiger partial charge in [-0.3, -0.25) is 4.79 Å². The van der Waals surface area contributed by atoms with Crippen molar-refractivity contribution < 1.29 is 14.3 Å². The first kappa shape index (κ1) is 26.6. The first-order chi connectivity index (χ1) is 19.1. The van der Waals surface area contributed by atoms with Crippen LogP contribution in [0.4, 0.5) is 16.5 Å². The Kier molecular flexibility index (Phi) is 8.62. The second-order valence-corrected chi connectivity index (χ2v) is 10.9. The van der Waals surface area contributed by atoms with Gasteiger partial charge in [0.15, 0.2) is 4.34 Å². The van der Waals surface area contributed by atoms with Crippen molar-refractivity contribution in [3.63, 3.8) is 0 Å². The zero-order valence-corrected chi connectivity index (χ0v) is 23.1. The molecule has 5 aromatic rings. The highest BCUT2D eigenvalue weighted by molar-refractivity contribution is 8.02. The Morgan fingerprint density at radius 3 is 2.23 bits per heavy atom. The van der Waals surface area contributed by atoms with Crippen LogP contribution in [0.2, 0.25) is 5.02 Å². The Morgan fingerprint density at radius 2 is 1.54 bits per heavy atom. The van der Waals surface area contributed by atoms with Crippen LogP contribution in [0.15, 0.2) is 107 Å². The van der Waals surface area contributed by atoms with Gasteiger partial charge in [-0.2, -0.15) is 0 Å². The molecule has 196 valence electrons. The van der Waals surface area contributed by atoms with E-state index in [-0.39, 0.29) is 5.91 Å². The van der Waals surface area contributed by atoms with Crippen LogP contribution >= 0.6 is 34.7 Å². The lowest BCUT2D eigenvalue weighted by Crippen LogP contribution is -2.19. The standard InChI is InChI=1S/C29H23ClN4O3S2/c1-36-25-17-14-21(18-24(25)30)31-27(35)26(19-8-4-2-5-9-19)38-29-34-33-28(39-29)32-20-12-15-23(16-13-20)37-22-10-6-3-7-11-22/h2-18,26H,1H3,(H,31,35)(H,32,33). The van der Waals surface area contributed by atoms with E-state index in [1.165, 1.54) is 23.1 Å². The van der Waals surface area contributed by atoms with Crippen LogP contribution in [0.3, 0.4) is 0 Å². The molecule has 1 aromatic heterocycles. The number of nitrogens with one attached hydrogen (secondary N) is 2. The maximum Gasteiger partial charge on any atom is 0.242 e. The molecule has 5 rings (SSSR count). The summed E-state index contributed by atoms with van der Waals surface area (Å²) in [5.41, 5.74) is 2.27. The molecular formula is C29H23ClN4O3S2. The quantitative estimate of drug-likeness (QED) is 0.163. The lowest BCUT2D eigenvalue weighted by atomic mass is 10.1. The molecule has 39 heavy (non-hydrogen) atoms. The van der Waals surface area contributed by atoms with Crippen molar-refractivity contribution in [3.8, 4) is 17.2 Å². The highest BCUT2D eigenvalue weighted by Crippen LogP contribution is 2.39. The molecule has 0 spiro atoms. The number of rotatable bonds is 10. The summed E-state index contributed by atoms with van der Waals surface area (Å²) in [5.74, 6) is 1.84. The lowest BCUT2D eigenvalue weighted by molar-refractivity contribution is -0.115. The fourth-order valence-corrected chi connectivity index (χ4v) is 5.84. The lowest BCUT2D eigenvalue weighted by Gasteiger charge is -2.16. The molecule has 2 N–H and O–H groups in total. The average Bonchev–Trinajstić information content (AvgIpc) is 3.40. The van der Waals surface area contributed by atoms with E-state index in [1.54, 1.807) is 25.3 Å². The van der Waals surface area contributed by atoms with Gasteiger partial charge < -0.3 is 20.1 Å².